The fourth-order valence-electron chi connectivity index (χ4n) is 2.06. The van der Waals surface area contributed by atoms with E-state index in [9.17, 15) is 8.78 Å². The van der Waals surface area contributed by atoms with E-state index in [4.69, 9.17) is 0 Å². The first kappa shape index (κ1) is 16.0. The van der Waals surface area contributed by atoms with Crippen LogP contribution in [0.25, 0.3) is 0 Å². The van der Waals surface area contributed by atoms with Crippen molar-refractivity contribution >= 4 is 11.8 Å². The third-order valence-electron chi connectivity index (χ3n) is 3.12. The molecule has 0 amide bonds. The number of aryl methyl sites for hydroxylation is 2. The van der Waals surface area contributed by atoms with Gasteiger partial charge in [0.15, 0.2) is 0 Å². The summed E-state index contributed by atoms with van der Waals surface area (Å²) >= 11 is 1.21. The number of hydrogen-bond donors (Lipinski definition) is 1. The predicted molar refractivity (Wildman–Crippen MR) is 80.4 cm³/mol. The summed E-state index contributed by atoms with van der Waals surface area (Å²) in [6, 6.07) is 3.49. The third kappa shape index (κ3) is 3.83. The molecule has 0 aliphatic rings. The Morgan fingerprint density at radius 1 is 1.33 bits per heavy atom. The second kappa shape index (κ2) is 7.04. The number of rotatable bonds is 6. The molecule has 0 spiro atoms. The largest absolute Gasteiger partial charge is 0.313 e. The molecule has 0 atom stereocenters. The molecular weight excluding hydrogens is 292 g/mol. The third-order valence-corrected chi connectivity index (χ3v) is 4.35. The molecule has 0 bridgehead atoms. The van der Waals surface area contributed by atoms with Gasteiger partial charge in [-0.15, -0.1) is 0 Å². The van der Waals surface area contributed by atoms with Crippen LogP contribution >= 0.6 is 11.8 Å². The molecule has 1 aromatic heterocycles. The Balaban J connectivity index is 2.28. The molecule has 0 unspecified atom stereocenters. The van der Waals surface area contributed by atoms with Gasteiger partial charge >= 0.3 is 0 Å². The molecule has 0 aliphatic heterocycles. The fraction of sp³-hybridized carbons (Fsp3) is 0.400. The molecule has 0 saturated heterocycles. The fourth-order valence-corrected chi connectivity index (χ4v) is 3.12. The van der Waals surface area contributed by atoms with Gasteiger partial charge in [0.25, 0.3) is 0 Å². The van der Waals surface area contributed by atoms with Crippen LogP contribution in [0.15, 0.2) is 28.1 Å². The SMILES string of the molecule is CCCNCc1c(C)nn(C)c1Sc1cc(F)ccc1F. The standard InChI is InChI=1S/C15H19F2N3S/c1-4-7-18-9-12-10(2)19-20(3)15(12)21-14-8-11(16)5-6-13(14)17/h5-6,8,18H,4,7,9H2,1-3H3. The Morgan fingerprint density at radius 2 is 2.10 bits per heavy atom. The van der Waals surface area contributed by atoms with Crippen LogP contribution in [-0.4, -0.2) is 16.3 Å². The number of halogens is 2. The summed E-state index contributed by atoms with van der Waals surface area (Å²) in [5.74, 6) is -0.865. The minimum Gasteiger partial charge on any atom is -0.313 e. The van der Waals surface area contributed by atoms with Crippen LogP contribution in [-0.2, 0) is 13.6 Å². The maximum absolute atomic E-state index is 13.8. The van der Waals surface area contributed by atoms with Crippen LogP contribution in [0.3, 0.4) is 0 Å². The Labute approximate surface area is 127 Å². The maximum atomic E-state index is 13.8. The lowest BCUT2D eigenvalue weighted by molar-refractivity contribution is 0.576. The van der Waals surface area contributed by atoms with Crippen molar-refractivity contribution in [3.8, 4) is 0 Å². The van der Waals surface area contributed by atoms with Crippen LogP contribution in [0.1, 0.15) is 24.6 Å². The van der Waals surface area contributed by atoms with Crippen LogP contribution in [0.4, 0.5) is 8.78 Å². The van der Waals surface area contributed by atoms with Gasteiger partial charge in [-0.3, -0.25) is 4.68 Å². The number of hydrogen-bond acceptors (Lipinski definition) is 3. The molecule has 2 aromatic rings. The monoisotopic (exact) mass is 311 g/mol. The molecule has 2 rings (SSSR count). The summed E-state index contributed by atoms with van der Waals surface area (Å²) in [6.07, 6.45) is 1.04. The number of nitrogens with zero attached hydrogens (tertiary/aromatic N) is 2. The molecular formula is C15H19F2N3S. The van der Waals surface area contributed by atoms with E-state index in [0.717, 1.165) is 41.4 Å². The van der Waals surface area contributed by atoms with Crippen LogP contribution in [0.2, 0.25) is 0 Å². The van der Waals surface area contributed by atoms with E-state index in [1.165, 1.54) is 17.8 Å². The molecule has 1 N–H and O–H groups in total. The predicted octanol–water partition coefficient (Wildman–Crippen LogP) is 3.66. The van der Waals surface area contributed by atoms with Gasteiger partial charge in [0.05, 0.1) is 10.6 Å². The van der Waals surface area contributed by atoms with Crippen molar-refractivity contribution in [2.75, 3.05) is 6.54 Å². The zero-order valence-corrected chi connectivity index (χ0v) is 13.2. The first-order valence-corrected chi connectivity index (χ1v) is 7.70. The molecule has 0 aliphatic carbocycles. The van der Waals surface area contributed by atoms with E-state index in [-0.39, 0.29) is 4.90 Å². The normalized spacial score (nSPS) is 11.1. The zero-order chi connectivity index (χ0) is 15.4. The molecule has 3 nitrogen and oxygen atoms in total. The molecule has 114 valence electrons. The van der Waals surface area contributed by atoms with Gasteiger partial charge in [0, 0.05) is 19.2 Å². The van der Waals surface area contributed by atoms with Crippen molar-refractivity contribution < 1.29 is 8.78 Å². The van der Waals surface area contributed by atoms with Gasteiger partial charge in [-0.1, -0.05) is 18.7 Å². The molecule has 6 heteroatoms. The van der Waals surface area contributed by atoms with E-state index in [2.05, 4.69) is 17.3 Å². The highest BCUT2D eigenvalue weighted by Crippen LogP contribution is 2.33. The smallest absolute Gasteiger partial charge is 0.137 e. The summed E-state index contributed by atoms with van der Waals surface area (Å²) in [5, 5.41) is 8.53. The summed E-state index contributed by atoms with van der Waals surface area (Å²) in [5.41, 5.74) is 1.93. The highest BCUT2D eigenvalue weighted by molar-refractivity contribution is 7.99. The Bertz CT molecular complexity index is 626. The van der Waals surface area contributed by atoms with Gasteiger partial charge < -0.3 is 5.32 Å². The van der Waals surface area contributed by atoms with Gasteiger partial charge in [-0.05, 0) is 38.1 Å². The van der Waals surface area contributed by atoms with E-state index < -0.39 is 11.6 Å². The van der Waals surface area contributed by atoms with Crippen molar-refractivity contribution in [2.45, 2.75) is 36.7 Å². The minimum atomic E-state index is -0.441. The summed E-state index contributed by atoms with van der Waals surface area (Å²) in [4.78, 5) is 0.273. The Hall–Kier alpha value is -1.40. The van der Waals surface area contributed by atoms with Gasteiger partial charge in [-0.25, -0.2) is 8.78 Å². The molecule has 21 heavy (non-hydrogen) atoms. The summed E-state index contributed by atoms with van der Waals surface area (Å²) in [6.45, 7) is 5.61. The minimum absolute atomic E-state index is 0.273. The second-order valence-corrected chi connectivity index (χ2v) is 5.88. The molecule has 0 radical (unpaired) electrons. The lowest BCUT2D eigenvalue weighted by Gasteiger charge is -2.08. The zero-order valence-electron chi connectivity index (χ0n) is 12.4. The average Bonchev–Trinajstić information content (AvgIpc) is 2.70. The topological polar surface area (TPSA) is 29.9 Å². The van der Waals surface area contributed by atoms with Crippen molar-refractivity contribution in [1.29, 1.82) is 0 Å². The second-order valence-electron chi connectivity index (χ2n) is 4.85. The maximum Gasteiger partial charge on any atom is 0.137 e. The van der Waals surface area contributed by atoms with Crippen molar-refractivity contribution in [2.24, 2.45) is 7.05 Å². The Morgan fingerprint density at radius 3 is 2.81 bits per heavy atom. The average molecular weight is 311 g/mol. The quantitative estimate of drug-likeness (QED) is 0.826. The van der Waals surface area contributed by atoms with Crippen LogP contribution in [0.5, 0.6) is 0 Å². The van der Waals surface area contributed by atoms with Gasteiger partial charge in [0.2, 0.25) is 0 Å². The highest BCUT2D eigenvalue weighted by atomic mass is 32.2. The highest BCUT2D eigenvalue weighted by Gasteiger charge is 2.16. The molecule has 1 aromatic carbocycles. The lowest BCUT2D eigenvalue weighted by atomic mass is 10.2. The first-order valence-electron chi connectivity index (χ1n) is 6.89. The van der Waals surface area contributed by atoms with Gasteiger partial charge in [0.1, 0.15) is 16.7 Å². The van der Waals surface area contributed by atoms with Crippen molar-refractivity contribution in [3.05, 3.63) is 41.1 Å². The van der Waals surface area contributed by atoms with E-state index in [0.29, 0.717) is 6.54 Å². The van der Waals surface area contributed by atoms with E-state index in [1.54, 1.807) is 4.68 Å². The molecule has 1 heterocycles. The first-order chi connectivity index (χ1) is 10.0. The van der Waals surface area contributed by atoms with Crippen molar-refractivity contribution in [3.63, 3.8) is 0 Å². The summed E-state index contributed by atoms with van der Waals surface area (Å²) < 4.78 is 28.8. The van der Waals surface area contributed by atoms with Crippen molar-refractivity contribution in [1.82, 2.24) is 15.1 Å². The van der Waals surface area contributed by atoms with E-state index in [1.807, 2.05) is 14.0 Å². The number of nitrogens with one attached hydrogen (secondary N) is 1. The van der Waals surface area contributed by atoms with E-state index >= 15 is 0 Å². The van der Waals surface area contributed by atoms with Gasteiger partial charge in [-0.2, -0.15) is 5.10 Å². The van der Waals surface area contributed by atoms with Crippen LogP contribution < -0.4 is 5.32 Å². The number of benzene rings is 1. The van der Waals surface area contributed by atoms with Crippen LogP contribution in [0, 0.1) is 18.6 Å². The molecule has 0 fully saturated rings. The number of aromatic nitrogens is 2. The summed E-state index contributed by atoms with van der Waals surface area (Å²) in [7, 11) is 1.82. The lowest BCUT2D eigenvalue weighted by Crippen LogP contribution is -2.14. The Kier molecular flexibility index (Phi) is 5.36. The molecule has 0 saturated carbocycles.